The molecule has 3 heteroatoms. The van der Waals surface area contributed by atoms with Gasteiger partial charge >= 0.3 is 0 Å². The molecule has 0 saturated carbocycles. The van der Waals surface area contributed by atoms with E-state index in [9.17, 15) is 0 Å². The molecule has 2 heterocycles. The highest BCUT2D eigenvalue weighted by molar-refractivity contribution is 7.25. The first kappa shape index (κ1) is 36.8. The van der Waals surface area contributed by atoms with Crippen LogP contribution in [0.1, 0.15) is 0 Å². The highest BCUT2D eigenvalue weighted by atomic mass is 32.1. The fourth-order valence-electron chi connectivity index (χ4n) is 9.41. The monoisotopic (exact) mass is 821 g/mol. The number of hydrogen-bond donors (Lipinski definition) is 0. The molecule has 0 radical (unpaired) electrons. The van der Waals surface area contributed by atoms with Crippen molar-refractivity contribution in [3.05, 3.63) is 237 Å². The van der Waals surface area contributed by atoms with Gasteiger partial charge in [0.1, 0.15) is 11.2 Å². The number of furan rings is 1. The molecule has 0 bridgehead atoms. The fraction of sp³-hybridized carbons (Fsp3) is 0. The first-order valence-electron chi connectivity index (χ1n) is 21.4. The predicted octanol–water partition coefficient (Wildman–Crippen LogP) is 17.8. The third-order valence-electron chi connectivity index (χ3n) is 12.3. The molecule has 0 amide bonds. The lowest BCUT2D eigenvalue weighted by Gasteiger charge is -2.31. The van der Waals surface area contributed by atoms with Crippen LogP contribution in [-0.4, -0.2) is 0 Å². The average Bonchev–Trinajstić information content (AvgIpc) is 3.93. The molecule has 63 heavy (non-hydrogen) atoms. The third-order valence-corrected chi connectivity index (χ3v) is 13.4. The summed E-state index contributed by atoms with van der Waals surface area (Å²) in [5.41, 5.74) is 16.5. The Kier molecular flexibility index (Phi) is 9.06. The SMILES string of the molecule is c1ccc(-c2cccc(-c3c(-c4ccc5c(c4)oc4ccccc45)cccc3N(c3cccc(-c4ccccc4)c3)c3ccccc3-c3cccc4sc5ccccc5c34)c2)cc1. The summed E-state index contributed by atoms with van der Waals surface area (Å²) in [7, 11) is 0. The summed E-state index contributed by atoms with van der Waals surface area (Å²) >= 11 is 1.86. The van der Waals surface area contributed by atoms with Crippen molar-refractivity contribution in [1.29, 1.82) is 0 Å². The molecular formula is C60H39NOS. The topological polar surface area (TPSA) is 16.4 Å². The molecule has 296 valence electrons. The third kappa shape index (κ3) is 6.50. The highest BCUT2D eigenvalue weighted by Gasteiger charge is 2.25. The molecule has 10 aromatic carbocycles. The Bertz CT molecular complexity index is 3640. The van der Waals surface area contributed by atoms with Crippen LogP contribution in [0.2, 0.25) is 0 Å². The number of benzene rings is 10. The van der Waals surface area contributed by atoms with Crippen molar-refractivity contribution in [3.8, 4) is 55.6 Å². The van der Waals surface area contributed by atoms with E-state index in [1.165, 1.54) is 36.9 Å². The Morgan fingerprint density at radius 1 is 0.317 bits per heavy atom. The van der Waals surface area contributed by atoms with E-state index in [-0.39, 0.29) is 0 Å². The zero-order valence-corrected chi connectivity index (χ0v) is 35.1. The Morgan fingerprint density at radius 3 is 1.73 bits per heavy atom. The minimum absolute atomic E-state index is 0.872. The van der Waals surface area contributed by atoms with Gasteiger partial charge in [-0.15, -0.1) is 11.3 Å². The number of hydrogen-bond acceptors (Lipinski definition) is 3. The Morgan fingerprint density at radius 2 is 0.889 bits per heavy atom. The number of anilines is 3. The molecule has 2 aromatic heterocycles. The molecule has 12 rings (SSSR count). The molecule has 0 N–H and O–H groups in total. The van der Waals surface area contributed by atoms with Crippen LogP contribution >= 0.6 is 11.3 Å². The molecule has 2 nitrogen and oxygen atoms in total. The van der Waals surface area contributed by atoms with Crippen molar-refractivity contribution in [3.63, 3.8) is 0 Å². The average molecular weight is 822 g/mol. The van der Waals surface area contributed by atoms with Gasteiger partial charge in [-0.3, -0.25) is 0 Å². The molecule has 0 unspecified atom stereocenters. The second-order valence-electron chi connectivity index (χ2n) is 16.0. The molecule has 0 atom stereocenters. The van der Waals surface area contributed by atoms with Crippen LogP contribution in [0.3, 0.4) is 0 Å². The zero-order chi connectivity index (χ0) is 41.7. The van der Waals surface area contributed by atoms with Crippen LogP contribution in [0.15, 0.2) is 241 Å². The smallest absolute Gasteiger partial charge is 0.136 e. The van der Waals surface area contributed by atoms with Crippen LogP contribution in [0.5, 0.6) is 0 Å². The van der Waals surface area contributed by atoms with Crippen molar-refractivity contribution in [2.75, 3.05) is 4.90 Å². The van der Waals surface area contributed by atoms with Crippen LogP contribution in [0, 0.1) is 0 Å². The summed E-state index contributed by atoms with van der Waals surface area (Å²) in [5.74, 6) is 0. The molecule has 0 fully saturated rings. The molecule has 0 aliphatic rings. The maximum Gasteiger partial charge on any atom is 0.136 e. The van der Waals surface area contributed by atoms with Crippen molar-refractivity contribution < 1.29 is 4.42 Å². The van der Waals surface area contributed by atoms with Gasteiger partial charge in [0, 0.05) is 47.8 Å². The number of para-hydroxylation sites is 2. The lowest BCUT2D eigenvalue weighted by Crippen LogP contribution is -2.13. The normalized spacial score (nSPS) is 11.5. The number of rotatable bonds is 8. The van der Waals surface area contributed by atoms with Gasteiger partial charge in [-0.1, -0.05) is 176 Å². The summed E-state index contributed by atoms with van der Waals surface area (Å²) in [6.07, 6.45) is 0. The van der Waals surface area contributed by atoms with Gasteiger partial charge in [-0.2, -0.15) is 0 Å². The van der Waals surface area contributed by atoms with E-state index >= 15 is 0 Å². The first-order chi connectivity index (χ1) is 31.2. The lowest BCUT2D eigenvalue weighted by atomic mass is 9.89. The molecular weight excluding hydrogens is 783 g/mol. The van der Waals surface area contributed by atoms with Gasteiger partial charge in [0.15, 0.2) is 0 Å². The van der Waals surface area contributed by atoms with Gasteiger partial charge in [0.05, 0.1) is 11.4 Å². The largest absolute Gasteiger partial charge is 0.456 e. The molecule has 0 aliphatic heterocycles. The Labute approximate surface area is 370 Å². The highest BCUT2D eigenvalue weighted by Crippen LogP contribution is 2.51. The maximum absolute atomic E-state index is 6.52. The maximum atomic E-state index is 6.52. The van der Waals surface area contributed by atoms with Crippen molar-refractivity contribution >= 4 is 70.5 Å². The van der Waals surface area contributed by atoms with Crippen molar-refractivity contribution in [1.82, 2.24) is 0 Å². The summed E-state index contributed by atoms with van der Waals surface area (Å²) in [5, 5.41) is 4.80. The fourth-order valence-corrected chi connectivity index (χ4v) is 10.5. The quantitative estimate of drug-likeness (QED) is 0.152. The van der Waals surface area contributed by atoms with Gasteiger partial charge in [0.25, 0.3) is 0 Å². The van der Waals surface area contributed by atoms with Crippen LogP contribution in [0.25, 0.3) is 97.7 Å². The van der Waals surface area contributed by atoms with Crippen LogP contribution < -0.4 is 4.90 Å². The van der Waals surface area contributed by atoms with Gasteiger partial charge in [-0.05, 0) is 105 Å². The summed E-state index contributed by atoms with van der Waals surface area (Å²) < 4.78 is 9.09. The number of fused-ring (bicyclic) bond motifs is 6. The molecule has 12 aromatic rings. The number of thiophene rings is 1. The summed E-state index contributed by atoms with van der Waals surface area (Å²) in [4.78, 5) is 2.49. The minimum atomic E-state index is 0.872. The summed E-state index contributed by atoms with van der Waals surface area (Å²) in [6, 6.07) is 85.6. The minimum Gasteiger partial charge on any atom is -0.456 e. The Balaban J connectivity index is 1.16. The second-order valence-corrected chi connectivity index (χ2v) is 17.1. The van der Waals surface area contributed by atoms with Crippen LogP contribution in [0.4, 0.5) is 17.1 Å². The van der Waals surface area contributed by atoms with E-state index in [1.807, 2.05) is 17.4 Å². The Hall–Kier alpha value is -7.98. The van der Waals surface area contributed by atoms with Gasteiger partial charge in [0.2, 0.25) is 0 Å². The molecule has 0 saturated heterocycles. The van der Waals surface area contributed by atoms with E-state index in [1.54, 1.807) is 0 Å². The first-order valence-corrected chi connectivity index (χ1v) is 22.2. The van der Waals surface area contributed by atoms with E-state index in [0.29, 0.717) is 0 Å². The number of nitrogens with zero attached hydrogens (tertiary/aromatic N) is 1. The van der Waals surface area contributed by atoms with E-state index in [0.717, 1.165) is 77.9 Å². The van der Waals surface area contributed by atoms with Crippen molar-refractivity contribution in [2.45, 2.75) is 0 Å². The van der Waals surface area contributed by atoms with Gasteiger partial charge < -0.3 is 9.32 Å². The molecule has 0 aliphatic carbocycles. The van der Waals surface area contributed by atoms with Crippen molar-refractivity contribution in [2.24, 2.45) is 0 Å². The molecule has 0 spiro atoms. The predicted molar refractivity (Wildman–Crippen MR) is 268 cm³/mol. The lowest BCUT2D eigenvalue weighted by molar-refractivity contribution is 0.669. The van der Waals surface area contributed by atoms with Gasteiger partial charge in [-0.25, -0.2) is 0 Å². The van der Waals surface area contributed by atoms with E-state index in [2.05, 4.69) is 235 Å². The standard InChI is InChI=1S/C60H39NOS/c1-3-17-40(18-4-1)42-21-13-23-45(37-42)59-47(44-35-36-50-49-26-8-11-32-55(49)62-56(50)39-44)28-15-31-54(59)61(46-24-14-22-43(38-46)41-19-5-2-6-20-41)53-30-10-7-25-48(53)51-29-16-34-58-60(51)52-27-9-12-33-57(52)63-58/h1-39H. The second kappa shape index (κ2) is 15.5. The summed E-state index contributed by atoms with van der Waals surface area (Å²) in [6.45, 7) is 0. The van der Waals surface area contributed by atoms with E-state index in [4.69, 9.17) is 4.42 Å². The van der Waals surface area contributed by atoms with E-state index < -0.39 is 0 Å². The zero-order valence-electron chi connectivity index (χ0n) is 34.3. The van der Waals surface area contributed by atoms with Crippen LogP contribution in [-0.2, 0) is 0 Å².